The first-order valence-electron chi connectivity index (χ1n) is 8.63. The molecule has 0 amide bonds. The molecule has 0 bridgehead atoms. The Hall–Kier alpha value is -0.310. The van der Waals surface area contributed by atoms with E-state index in [2.05, 4.69) is 23.9 Å². The van der Waals surface area contributed by atoms with Gasteiger partial charge in [-0.25, -0.2) is 0 Å². The molecule has 116 valence electrons. The van der Waals surface area contributed by atoms with E-state index in [0.29, 0.717) is 0 Å². The summed E-state index contributed by atoms with van der Waals surface area (Å²) in [4.78, 5) is 4.59. The molecule has 3 heteroatoms. The van der Waals surface area contributed by atoms with Crippen LogP contribution < -0.4 is 0 Å². The monoisotopic (exact) mass is 296 g/mol. The minimum Gasteiger partial charge on any atom is -0.352 e. The van der Waals surface area contributed by atoms with E-state index < -0.39 is 0 Å². The molecule has 0 aromatic rings. The van der Waals surface area contributed by atoms with Gasteiger partial charge in [0.1, 0.15) is 0 Å². The second kappa shape index (κ2) is 8.21. The van der Waals surface area contributed by atoms with Crippen LogP contribution in [0.25, 0.3) is 0 Å². The van der Waals surface area contributed by atoms with Crippen LogP contribution in [0.2, 0.25) is 0 Å². The van der Waals surface area contributed by atoms with Gasteiger partial charge in [0.15, 0.2) is 5.11 Å². The molecule has 2 aliphatic carbocycles. The van der Waals surface area contributed by atoms with Gasteiger partial charge in [-0.3, -0.25) is 0 Å². The summed E-state index contributed by atoms with van der Waals surface area (Å²) < 4.78 is 0. The molecule has 0 spiro atoms. The van der Waals surface area contributed by atoms with Crippen LogP contribution in [0, 0.1) is 11.8 Å². The molecule has 0 unspecified atom stereocenters. The standard InChI is InChI=1S/C17H32N2S/c1-18(13-11-15-7-3-4-8-15)17(20)19(2)14-12-16-9-5-6-10-16/h15-16H,3-14H2,1-2H3. The average molecular weight is 297 g/mol. The first kappa shape index (κ1) is 16.1. The van der Waals surface area contributed by atoms with Crippen molar-refractivity contribution in [3.63, 3.8) is 0 Å². The van der Waals surface area contributed by atoms with Gasteiger partial charge < -0.3 is 9.80 Å². The lowest BCUT2D eigenvalue weighted by Gasteiger charge is -2.29. The summed E-state index contributed by atoms with van der Waals surface area (Å²) in [5.74, 6) is 1.92. The van der Waals surface area contributed by atoms with Crippen molar-refractivity contribution in [1.82, 2.24) is 9.80 Å². The van der Waals surface area contributed by atoms with E-state index in [1.165, 1.54) is 64.2 Å². The Labute approximate surface area is 130 Å². The highest BCUT2D eigenvalue weighted by molar-refractivity contribution is 7.80. The molecule has 2 rings (SSSR count). The van der Waals surface area contributed by atoms with Crippen LogP contribution in [-0.4, -0.2) is 42.1 Å². The first-order chi connectivity index (χ1) is 9.66. The van der Waals surface area contributed by atoms with Crippen LogP contribution in [0.3, 0.4) is 0 Å². The Balaban J connectivity index is 1.62. The first-order valence-corrected chi connectivity index (χ1v) is 9.04. The van der Waals surface area contributed by atoms with Crippen molar-refractivity contribution in [3.8, 4) is 0 Å². The van der Waals surface area contributed by atoms with E-state index in [-0.39, 0.29) is 0 Å². The third-order valence-electron chi connectivity index (χ3n) is 5.35. The molecular formula is C17H32N2S. The SMILES string of the molecule is CN(CCC1CCCC1)C(=S)N(C)CCC1CCCC1. The molecule has 2 aliphatic rings. The van der Waals surface area contributed by atoms with Crippen LogP contribution >= 0.6 is 12.2 Å². The third-order valence-corrected chi connectivity index (χ3v) is 5.97. The Morgan fingerprint density at radius 2 is 1.15 bits per heavy atom. The van der Waals surface area contributed by atoms with Crippen LogP contribution in [0.5, 0.6) is 0 Å². The fourth-order valence-corrected chi connectivity index (χ4v) is 4.02. The Morgan fingerprint density at radius 1 is 0.800 bits per heavy atom. The fourth-order valence-electron chi connectivity index (χ4n) is 3.83. The van der Waals surface area contributed by atoms with Gasteiger partial charge in [-0.05, 0) is 36.9 Å². The maximum absolute atomic E-state index is 5.63. The zero-order chi connectivity index (χ0) is 14.4. The number of hydrogen-bond acceptors (Lipinski definition) is 1. The summed E-state index contributed by atoms with van der Waals surface area (Å²) in [7, 11) is 4.34. The van der Waals surface area contributed by atoms with Crippen molar-refractivity contribution in [2.45, 2.75) is 64.2 Å². The highest BCUT2D eigenvalue weighted by Crippen LogP contribution is 2.28. The van der Waals surface area contributed by atoms with Gasteiger partial charge in [0, 0.05) is 27.2 Å². The Bertz CT molecular complexity index is 265. The predicted molar refractivity (Wildman–Crippen MR) is 91.0 cm³/mol. The second-order valence-corrected chi connectivity index (χ2v) is 7.37. The summed E-state index contributed by atoms with van der Waals surface area (Å²) in [5, 5.41) is 1.04. The maximum atomic E-state index is 5.63. The zero-order valence-electron chi connectivity index (χ0n) is 13.4. The number of thiocarbonyl (C=S) groups is 1. The van der Waals surface area contributed by atoms with Gasteiger partial charge in [-0.15, -0.1) is 0 Å². The average Bonchev–Trinajstić information content (AvgIpc) is 3.14. The molecule has 0 saturated heterocycles. The Kier molecular flexibility index (Phi) is 6.60. The predicted octanol–water partition coefficient (Wildman–Crippen LogP) is 4.30. The molecule has 0 aromatic carbocycles. The minimum atomic E-state index is 0.962. The van der Waals surface area contributed by atoms with Crippen molar-refractivity contribution >= 4 is 17.3 Å². The molecule has 2 fully saturated rings. The molecule has 20 heavy (non-hydrogen) atoms. The van der Waals surface area contributed by atoms with Crippen LogP contribution in [0.4, 0.5) is 0 Å². The molecular weight excluding hydrogens is 264 g/mol. The van der Waals surface area contributed by atoms with E-state index in [4.69, 9.17) is 12.2 Å². The number of nitrogens with zero attached hydrogens (tertiary/aromatic N) is 2. The van der Waals surface area contributed by atoms with Crippen LogP contribution in [-0.2, 0) is 0 Å². The van der Waals surface area contributed by atoms with Gasteiger partial charge in [0.25, 0.3) is 0 Å². The summed E-state index contributed by atoms with van der Waals surface area (Å²) in [6, 6.07) is 0. The molecule has 2 saturated carbocycles. The van der Waals surface area contributed by atoms with E-state index in [0.717, 1.165) is 30.0 Å². The third kappa shape index (κ3) is 4.91. The van der Waals surface area contributed by atoms with Crippen LogP contribution in [0.1, 0.15) is 64.2 Å². The lowest BCUT2D eigenvalue weighted by molar-refractivity contribution is 0.345. The molecule has 0 aliphatic heterocycles. The highest BCUT2D eigenvalue weighted by atomic mass is 32.1. The molecule has 0 radical (unpaired) electrons. The van der Waals surface area contributed by atoms with Crippen molar-refractivity contribution in [2.75, 3.05) is 27.2 Å². The molecule has 0 atom stereocenters. The fraction of sp³-hybridized carbons (Fsp3) is 0.941. The van der Waals surface area contributed by atoms with Gasteiger partial charge in [-0.1, -0.05) is 51.4 Å². The maximum Gasteiger partial charge on any atom is 0.171 e. The van der Waals surface area contributed by atoms with Gasteiger partial charge in [-0.2, -0.15) is 0 Å². The molecule has 2 nitrogen and oxygen atoms in total. The summed E-state index contributed by atoms with van der Waals surface area (Å²) >= 11 is 5.63. The van der Waals surface area contributed by atoms with E-state index in [1.54, 1.807) is 0 Å². The topological polar surface area (TPSA) is 6.48 Å². The smallest absolute Gasteiger partial charge is 0.171 e. The lowest BCUT2D eigenvalue weighted by atomic mass is 10.0. The zero-order valence-corrected chi connectivity index (χ0v) is 14.3. The molecule has 0 heterocycles. The normalized spacial score (nSPS) is 20.5. The summed E-state index contributed by atoms with van der Waals surface area (Å²) in [6.07, 6.45) is 14.2. The summed E-state index contributed by atoms with van der Waals surface area (Å²) in [6.45, 7) is 2.27. The molecule has 0 aromatic heterocycles. The second-order valence-electron chi connectivity index (χ2n) is 7.00. The van der Waals surface area contributed by atoms with E-state index in [1.807, 2.05) is 0 Å². The lowest BCUT2D eigenvalue weighted by Crippen LogP contribution is -2.40. The largest absolute Gasteiger partial charge is 0.352 e. The van der Waals surface area contributed by atoms with Gasteiger partial charge in [0.2, 0.25) is 0 Å². The highest BCUT2D eigenvalue weighted by Gasteiger charge is 2.19. The van der Waals surface area contributed by atoms with Gasteiger partial charge in [0.05, 0.1) is 0 Å². The summed E-state index contributed by atoms with van der Waals surface area (Å²) in [5.41, 5.74) is 0. The van der Waals surface area contributed by atoms with Crippen molar-refractivity contribution < 1.29 is 0 Å². The van der Waals surface area contributed by atoms with Crippen molar-refractivity contribution in [2.24, 2.45) is 11.8 Å². The van der Waals surface area contributed by atoms with Crippen molar-refractivity contribution in [3.05, 3.63) is 0 Å². The van der Waals surface area contributed by atoms with E-state index in [9.17, 15) is 0 Å². The number of hydrogen-bond donors (Lipinski definition) is 0. The van der Waals surface area contributed by atoms with Gasteiger partial charge >= 0.3 is 0 Å². The Morgan fingerprint density at radius 3 is 1.50 bits per heavy atom. The van der Waals surface area contributed by atoms with E-state index >= 15 is 0 Å². The van der Waals surface area contributed by atoms with Crippen LogP contribution in [0.15, 0.2) is 0 Å². The quantitative estimate of drug-likeness (QED) is 0.675. The minimum absolute atomic E-state index is 0.962. The van der Waals surface area contributed by atoms with Crippen molar-refractivity contribution in [1.29, 1.82) is 0 Å². The molecule has 0 N–H and O–H groups in total. The number of rotatable bonds is 6.